The lowest BCUT2D eigenvalue weighted by molar-refractivity contribution is 0.577. The maximum Gasteiger partial charge on any atom is 0.330 e. The number of H-pyrrole nitrogens is 1. The molecule has 0 aliphatic rings. The third-order valence-electron chi connectivity index (χ3n) is 4.57. The van der Waals surface area contributed by atoms with Crippen molar-refractivity contribution < 1.29 is 12.8 Å². The van der Waals surface area contributed by atoms with Crippen LogP contribution >= 0.6 is 11.6 Å². The maximum absolute atomic E-state index is 12.6. The molecule has 8 nitrogen and oxygen atoms in total. The highest BCUT2D eigenvalue weighted by atomic mass is 35.5. The van der Waals surface area contributed by atoms with Crippen molar-refractivity contribution in [2.75, 3.05) is 4.72 Å². The standard InChI is InChI=1S/C21H14ClN5O3S/c22-15-9-3-6-12-18(15)31(28,29)27-21-26-25-20(30-21)14-8-2-1-7-13(14)19-23-16-10-4-5-11-17(16)24-19/h1-12H,(H,23,24)(H,26,27). The van der Waals surface area contributed by atoms with Crippen LogP contribution in [0.15, 0.2) is 82.1 Å². The largest absolute Gasteiger partial charge is 0.403 e. The summed E-state index contributed by atoms with van der Waals surface area (Å²) in [5.41, 5.74) is 3.07. The molecule has 0 aliphatic heterocycles. The number of sulfonamides is 1. The summed E-state index contributed by atoms with van der Waals surface area (Å²) in [6, 6.07) is 20.8. The van der Waals surface area contributed by atoms with Crippen LogP contribution < -0.4 is 4.72 Å². The predicted molar refractivity (Wildman–Crippen MR) is 117 cm³/mol. The molecule has 3 aromatic carbocycles. The molecule has 0 aliphatic carbocycles. The number of hydrogen-bond donors (Lipinski definition) is 2. The topological polar surface area (TPSA) is 114 Å². The SMILES string of the molecule is O=S(=O)(Nc1nnc(-c2ccccc2-c2nc3ccccc3[nH]2)o1)c1ccccc1Cl. The van der Waals surface area contributed by atoms with Crippen LogP contribution in [0.25, 0.3) is 33.9 Å². The van der Waals surface area contributed by atoms with E-state index in [1.54, 1.807) is 18.2 Å². The van der Waals surface area contributed by atoms with Crippen molar-refractivity contribution in [3.05, 3.63) is 77.8 Å². The Morgan fingerprint density at radius 2 is 1.58 bits per heavy atom. The quantitative estimate of drug-likeness (QED) is 0.399. The Bertz CT molecular complexity index is 1480. The molecule has 0 atom stereocenters. The van der Waals surface area contributed by atoms with Gasteiger partial charge in [-0.25, -0.2) is 18.1 Å². The summed E-state index contributed by atoms with van der Waals surface area (Å²) in [7, 11) is -3.99. The highest BCUT2D eigenvalue weighted by Gasteiger charge is 2.22. The molecule has 0 amide bonds. The normalized spacial score (nSPS) is 11.6. The van der Waals surface area contributed by atoms with Crippen LogP contribution in [0.5, 0.6) is 0 Å². The van der Waals surface area contributed by atoms with Gasteiger partial charge in [-0.3, -0.25) is 0 Å². The number of nitrogens with zero attached hydrogens (tertiary/aromatic N) is 3. The van der Waals surface area contributed by atoms with Crippen LogP contribution in [0.3, 0.4) is 0 Å². The second kappa shape index (κ2) is 7.53. The van der Waals surface area contributed by atoms with Gasteiger partial charge in [-0.05, 0) is 30.3 Å². The molecule has 2 heterocycles. The van der Waals surface area contributed by atoms with Gasteiger partial charge in [0.25, 0.3) is 15.9 Å². The molecule has 0 saturated carbocycles. The minimum atomic E-state index is -3.99. The summed E-state index contributed by atoms with van der Waals surface area (Å²) in [5, 5.41) is 7.93. The van der Waals surface area contributed by atoms with Gasteiger partial charge in [0.05, 0.1) is 16.1 Å². The van der Waals surface area contributed by atoms with Crippen molar-refractivity contribution >= 4 is 38.7 Å². The molecule has 31 heavy (non-hydrogen) atoms. The molecule has 5 rings (SSSR count). The van der Waals surface area contributed by atoms with E-state index in [9.17, 15) is 8.42 Å². The summed E-state index contributed by atoms with van der Waals surface area (Å²) in [4.78, 5) is 7.80. The lowest BCUT2D eigenvalue weighted by Gasteiger charge is -2.05. The molecule has 2 aromatic heterocycles. The predicted octanol–water partition coefficient (Wildman–Crippen LogP) is 4.73. The van der Waals surface area contributed by atoms with E-state index < -0.39 is 10.0 Å². The smallest absolute Gasteiger partial charge is 0.330 e. The number of hydrogen-bond acceptors (Lipinski definition) is 6. The van der Waals surface area contributed by atoms with Gasteiger partial charge < -0.3 is 9.40 Å². The summed E-state index contributed by atoms with van der Waals surface area (Å²) >= 11 is 6.00. The van der Waals surface area contributed by atoms with E-state index in [1.165, 1.54) is 12.1 Å². The van der Waals surface area contributed by atoms with E-state index in [-0.39, 0.29) is 21.8 Å². The van der Waals surface area contributed by atoms with E-state index in [1.807, 2.05) is 42.5 Å². The van der Waals surface area contributed by atoms with Gasteiger partial charge in [-0.2, -0.15) is 0 Å². The van der Waals surface area contributed by atoms with Crippen LogP contribution in [0, 0.1) is 0 Å². The Morgan fingerprint density at radius 3 is 2.39 bits per heavy atom. The van der Waals surface area contributed by atoms with Crippen LogP contribution in [-0.2, 0) is 10.0 Å². The van der Waals surface area contributed by atoms with Crippen molar-refractivity contribution in [2.24, 2.45) is 0 Å². The summed E-state index contributed by atoms with van der Waals surface area (Å²) in [5.74, 6) is 0.779. The van der Waals surface area contributed by atoms with Gasteiger partial charge in [0.2, 0.25) is 0 Å². The Hall–Kier alpha value is -3.69. The number of imidazole rings is 1. The Labute approximate surface area is 182 Å². The van der Waals surface area contributed by atoms with Crippen LogP contribution in [-0.4, -0.2) is 28.6 Å². The number of aromatic nitrogens is 4. The van der Waals surface area contributed by atoms with Crippen molar-refractivity contribution in [1.82, 2.24) is 20.2 Å². The van der Waals surface area contributed by atoms with Crippen LogP contribution in [0.1, 0.15) is 0 Å². The average Bonchev–Trinajstić information content (AvgIpc) is 3.40. The highest BCUT2D eigenvalue weighted by Crippen LogP contribution is 2.32. The van der Waals surface area contributed by atoms with Gasteiger partial charge in [0.15, 0.2) is 0 Å². The zero-order valence-corrected chi connectivity index (χ0v) is 17.4. The molecule has 10 heteroatoms. The molecule has 0 spiro atoms. The molecule has 0 saturated heterocycles. The molecule has 2 N–H and O–H groups in total. The average molecular weight is 452 g/mol. The Morgan fingerprint density at radius 1 is 0.871 bits per heavy atom. The Kier molecular flexibility index (Phi) is 4.68. The van der Waals surface area contributed by atoms with Gasteiger partial charge in [0.1, 0.15) is 10.7 Å². The zero-order chi connectivity index (χ0) is 21.4. The van der Waals surface area contributed by atoms with Crippen molar-refractivity contribution in [3.8, 4) is 22.8 Å². The maximum atomic E-state index is 12.6. The first-order valence-electron chi connectivity index (χ1n) is 9.17. The lowest BCUT2D eigenvalue weighted by Crippen LogP contribution is -2.13. The monoisotopic (exact) mass is 451 g/mol. The van der Waals surface area contributed by atoms with Crippen molar-refractivity contribution in [3.63, 3.8) is 0 Å². The zero-order valence-electron chi connectivity index (χ0n) is 15.8. The van der Waals surface area contributed by atoms with Crippen molar-refractivity contribution in [1.29, 1.82) is 0 Å². The number of aromatic amines is 1. The second-order valence-corrected chi connectivity index (χ2v) is 8.65. The number of rotatable bonds is 5. The van der Waals surface area contributed by atoms with E-state index in [0.717, 1.165) is 16.6 Å². The number of fused-ring (bicyclic) bond motifs is 1. The molecule has 0 radical (unpaired) electrons. The highest BCUT2D eigenvalue weighted by molar-refractivity contribution is 7.92. The minimum Gasteiger partial charge on any atom is -0.403 e. The van der Waals surface area contributed by atoms with Gasteiger partial charge in [0, 0.05) is 11.1 Å². The third-order valence-corrected chi connectivity index (χ3v) is 6.39. The summed E-state index contributed by atoms with van der Waals surface area (Å²) < 4.78 is 33.1. The lowest BCUT2D eigenvalue weighted by atomic mass is 10.1. The molecule has 0 unspecified atom stereocenters. The molecular weight excluding hydrogens is 438 g/mol. The van der Waals surface area contributed by atoms with E-state index in [4.69, 9.17) is 16.0 Å². The molecule has 5 aromatic rings. The number of anilines is 1. The van der Waals surface area contributed by atoms with Gasteiger partial charge in [-0.1, -0.05) is 59.2 Å². The first-order chi connectivity index (χ1) is 15.0. The molecular formula is C21H14ClN5O3S. The second-order valence-electron chi connectivity index (χ2n) is 6.60. The van der Waals surface area contributed by atoms with Gasteiger partial charge in [-0.15, -0.1) is 5.10 Å². The fraction of sp³-hybridized carbons (Fsp3) is 0. The minimum absolute atomic E-state index is 0.0842. The van der Waals surface area contributed by atoms with E-state index in [0.29, 0.717) is 11.4 Å². The van der Waals surface area contributed by atoms with E-state index >= 15 is 0 Å². The summed E-state index contributed by atoms with van der Waals surface area (Å²) in [6.07, 6.45) is 0. The van der Waals surface area contributed by atoms with E-state index in [2.05, 4.69) is 24.9 Å². The molecule has 154 valence electrons. The Balaban J connectivity index is 1.50. The van der Waals surface area contributed by atoms with Crippen LogP contribution in [0.2, 0.25) is 5.02 Å². The van der Waals surface area contributed by atoms with Crippen molar-refractivity contribution in [2.45, 2.75) is 4.90 Å². The first kappa shape index (κ1) is 19.3. The number of nitrogens with one attached hydrogen (secondary N) is 2. The fourth-order valence-corrected chi connectivity index (χ4v) is 4.61. The van der Waals surface area contributed by atoms with Crippen LogP contribution in [0.4, 0.5) is 6.01 Å². The number of benzene rings is 3. The third kappa shape index (κ3) is 3.65. The molecule has 0 bridgehead atoms. The van der Waals surface area contributed by atoms with Gasteiger partial charge >= 0.3 is 6.01 Å². The number of halogens is 1. The number of para-hydroxylation sites is 2. The summed E-state index contributed by atoms with van der Waals surface area (Å²) in [6.45, 7) is 0. The molecule has 0 fully saturated rings. The first-order valence-corrected chi connectivity index (χ1v) is 11.0. The fourth-order valence-electron chi connectivity index (χ4n) is 3.16.